The molecule has 1 amide bonds. The molecule has 0 spiro atoms. The lowest BCUT2D eigenvalue weighted by molar-refractivity contribution is 0.0948. The zero-order chi connectivity index (χ0) is 21.1. The number of aromatic nitrogens is 3. The summed E-state index contributed by atoms with van der Waals surface area (Å²) in [5.41, 5.74) is 3.16. The van der Waals surface area contributed by atoms with E-state index in [0.717, 1.165) is 35.6 Å². The summed E-state index contributed by atoms with van der Waals surface area (Å²) in [4.78, 5) is 19.7. The molecule has 1 aromatic carbocycles. The first-order valence-electron chi connectivity index (χ1n) is 9.82. The molecule has 0 radical (unpaired) electrons. The first kappa shape index (κ1) is 20.2. The molecule has 0 bridgehead atoms. The lowest BCUT2D eigenvalue weighted by atomic mass is 10.2. The van der Waals surface area contributed by atoms with Crippen molar-refractivity contribution >= 4 is 23.0 Å². The molecule has 6 nitrogen and oxygen atoms in total. The van der Waals surface area contributed by atoms with Gasteiger partial charge in [-0.15, -0.1) is 0 Å². The van der Waals surface area contributed by atoms with Crippen molar-refractivity contribution in [3.8, 4) is 11.4 Å². The Labute approximate surface area is 180 Å². The van der Waals surface area contributed by atoms with Gasteiger partial charge in [0.05, 0.1) is 5.52 Å². The van der Waals surface area contributed by atoms with E-state index in [0.29, 0.717) is 17.3 Å². The maximum atomic E-state index is 12.9. The molecule has 0 saturated heterocycles. The number of amides is 1. The van der Waals surface area contributed by atoms with Crippen LogP contribution >= 0.6 is 11.6 Å². The van der Waals surface area contributed by atoms with E-state index in [1.807, 2.05) is 65.3 Å². The Balaban J connectivity index is 1.59. The Kier molecular flexibility index (Phi) is 5.88. The van der Waals surface area contributed by atoms with Crippen molar-refractivity contribution in [2.24, 2.45) is 0 Å². The van der Waals surface area contributed by atoms with E-state index in [9.17, 15) is 4.79 Å². The number of halogens is 1. The minimum atomic E-state index is -0.202. The van der Waals surface area contributed by atoms with Crippen LogP contribution in [0.2, 0.25) is 5.02 Å². The third kappa shape index (κ3) is 4.40. The molecule has 7 heteroatoms. The summed E-state index contributed by atoms with van der Waals surface area (Å²) >= 11 is 5.93. The van der Waals surface area contributed by atoms with Crippen molar-refractivity contribution in [3.63, 3.8) is 0 Å². The normalized spacial score (nSPS) is 11.3. The van der Waals surface area contributed by atoms with Gasteiger partial charge in [-0.2, -0.15) is 0 Å². The fourth-order valence-corrected chi connectivity index (χ4v) is 3.43. The first-order chi connectivity index (χ1) is 14.5. The number of likely N-dealkylation sites (N-methyl/N-ethyl adjacent to an activating group) is 1. The van der Waals surface area contributed by atoms with Crippen LogP contribution in [0.4, 0.5) is 0 Å². The molecule has 3 aromatic heterocycles. The highest BCUT2D eigenvalue weighted by Crippen LogP contribution is 2.23. The third-order valence-corrected chi connectivity index (χ3v) is 5.20. The Morgan fingerprint density at radius 3 is 2.67 bits per heavy atom. The maximum Gasteiger partial charge on any atom is 0.272 e. The van der Waals surface area contributed by atoms with Crippen molar-refractivity contribution in [2.45, 2.75) is 13.1 Å². The summed E-state index contributed by atoms with van der Waals surface area (Å²) in [6.07, 6.45) is 6.05. The summed E-state index contributed by atoms with van der Waals surface area (Å²) in [7, 11) is 4.11. The maximum absolute atomic E-state index is 12.9. The van der Waals surface area contributed by atoms with E-state index in [4.69, 9.17) is 16.6 Å². The highest BCUT2D eigenvalue weighted by Gasteiger charge is 2.18. The number of imidazole rings is 1. The van der Waals surface area contributed by atoms with Gasteiger partial charge >= 0.3 is 0 Å². The van der Waals surface area contributed by atoms with E-state index in [-0.39, 0.29) is 5.91 Å². The van der Waals surface area contributed by atoms with Gasteiger partial charge in [0.1, 0.15) is 5.82 Å². The van der Waals surface area contributed by atoms with Crippen LogP contribution in [0, 0.1) is 0 Å². The van der Waals surface area contributed by atoms with Crippen molar-refractivity contribution in [3.05, 3.63) is 83.4 Å². The summed E-state index contributed by atoms with van der Waals surface area (Å²) in [5, 5.41) is 3.63. The Bertz CT molecular complexity index is 1160. The lowest BCUT2D eigenvalue weighted by Gasteiger charge is -2.09. The van der Waals surface area contributed by atoms with Gasteiger partial charge in [-0.3, -0.25) is 9.20 Å². The Morgan fingerprint density at radius 2 is 1.90 bits per heavy atom. The van der Waals surface area contributed by atoms with Gasteiger partial charge in [0.2, 0.25) is 0 Å². The molecule has 30 heavy (non-hydrogen) atoms. The fraction of sp³-hybridized carbons (Fsp3) is 0.217. The number of hydrogen-bond donors (Lipinski definition) is 1. The monoisotopic (exact) mass is 421 g/mol. The highest BCUT2D eigenvalue weighted by atomic mass is 35.5. The smallest absolute Gasteiger partial charge is 0.272 e. The summed E-state index contributed by atoms with van der Waals surface area (Å²) in [6, 6.07) is 15.2. The van der Waals surface area contributed by atoms with Crippen LogP contribution in [-0.2, 0) is 13.1 Å². The number of nitrogens with one attached hydrogen (secondary N) is 1. The van der Waals surface area contributed by atoms with Crippen molar-refractivity contribution in [1.29, 1.82) is 0 Å². The predicted molar refractivity (Wildman–Crippen MR) is 120 cm³/mol. The molecule has 4 aromatic rings. The molecule has 1 N–H and O–H groups in total. The highest BCUT2D eigenvalue weighted by molar-refractivity contribution is 6.30. The summed E-state index contributed by atoms with van der Waals surface area (Å²) < 4.78 is 4.10. The average molecular weight is 422 g/mol. The fourth-order valence-electron chi connectivity index (χ4n) is 3.30. The zero-order valence-electron chi connectivity index (χ0n) is 17.0. The SMILES string of the molecule is CN(C)CCn1ccc(-c2nc(C(=O)NCc3ccc(Cl)cc3)c3ccccn23)c1. The molecule has 0 fully saturated rings. The van der Waals surface area contributed by atoms with Gasteiger partial charge in [-0.1, -0.05) is 29.8 Å². The van der Waals surface area contributed by atoms with Crippen LogP contribution < -0.4 is 5.32 Å². The van der Waals surface area contributed by atoms with Crippen LogP contribution in [0.3, 0.4) is 0 Å². The molecule has 0 aliphatic heterocycles. The zero-order valence-corrected chi connectivity index (χ0v) is 17.8. The number of pyridine rings is 1. The minimum absolute atomic E-state index is 0.202. The molecule has 0 saturated carbocycles. The molecule has 4 rings (SSSR count). The number of nitrogens with zero attached hydrogens (tertiary/aromatic N) is 4. The summed E-state index contributed by atoms with van der Waals surface area (Å²) in [6.45, 7) is 2.26. The number of rotatable bonds is 7. The van der Waals surface area contributed by atoms with Crippen LogP contribution in [0.15, 0.2) is 67.1 Å². The number of carbonyl (C=O) groups excluding carboxylic acids is 1. The van der Waals surface area contributed by atoms with E-state index in [1.54, 1.807) is 0 Å². The number of hydrogen-bond acceptors (Lipinski definition) is 3. The number of fused-ring (bicyclic) bond motifs is 1. The van der Waals surface area contributed by atoms with Crippen LogP contribution in [0.1, 0.15) is 16.1 Å². The van der Waals surface area contributed by atoms with E-state index >= 15 is 0 Å². The second-order valence-electron chi connectivity index (χ2n) is 7.49. The quantitative estimate of drug-likeness (QED) is 0.491. The number of carbonyl (C=O) groups is 1. The van der Waals surface area contributed by atoms with Gasteiger partial charge in [0, 0.05) is 48.8 Å². The molecular formula is C23H24ClN5O. The van der Waals surface area contributed by atoms with Gasteiger partial charge in [0.15, 0.2) is 5.69 Å². The standard InChI is InChI=1S/C23H24ClN5O/c1-27(2)13-14-28-12-10-18(16-28)22-26-21(20-5-3-4-11-29(20)22)23(30)25-15-17-6-8-19(24)9-7-17/h3-12,16H,13-15H2,1-2H3,(H,25,30). The van der Waals surface area contributed by atoms with Crippen LogP contribution in [0.25, 0.3) is 16.9 Å². The van der Waals surface area contributed by atoms with E-state index < -0.39 is 0 Å². The first-order valence-corrected chi connectivity index (χ1v) is 10.2. The van der Waals surface area contributed by atoms with Crippen molar-refractivity contribution in [2.75, 3.05) is 20.6 Å². The number of benzene rings is 1. The minimum Gasteiger partial charge on any atom is -0.352 e. The molecule has 0 aliphatic rings. The second-order valence-corrected chi connectivity index (χ2v) is 7.93. The summed E-state index contributed by atoms with van der Waals surface area (Å²) in [5.74, 6) is 0.554. The molecule has 3 heterocycles. The Morgan fingerprint density at radius 1 is 1.10 bits per heavy atom. The molecular weight excluding hydrogens is 398 g/mol. The van der Waals surface area contributed by atoms with E-state index in [2.05, 4.69) is 35.1 Å². The predicted octanol–water partition coefficient (Wildman–Crippen LogP) is 3.95. The molecule has 0 aliphatic carbocycles. The van der Waals surface area contributed by atoms with Crippen LogP contribution in [-0.4, -0.2) is 45.4 Å². The van der Waals surface area contributed by atoms with Crippen LogP contribution in [0.5, 0.6) is 0 Å². The second kappa shape index (κ2) is 8.73. The average Bonchev–Trinajstić information content (AvgIpc) is 3.36. The van der Waals surface area contributed by atoms with Crippen molar-refractivity contribution < 1.29 is 4.79 Å². The molecule has 154 valence electrons. The van der Waals surface area contributed by atoms with Gasteiger partial charge in [0.25, 0.3) is 5.91 Å². The third-order valence-electron chi connectivity index (χ3n) is 4.94. The Hall–Kier alpha value is -3.09. The molecule has 0 unspecified atom stereocenters. The lowest BCUT2D eigenvalue weighted by Crippen LogP contribution is -2.23. The van der Waals surface area contributed by atoms with Gasteiger partial charge in [-0.25, -0.2) is 4.98 Å². The van der Waals surface area contributed by atoms with Crippen molar-refractivity contribution in [1.82, 2.24) is 24.2 Å². The largest absolute Gasteiger partial charge is 0.352 e. The van der Waals surface area contributed by atoms with E-state index in [1.165, 1.54) is 0 Å². The van der Waals surface area contributed by atoms with Gasteiger partial charge < -0.3 is 14.8 Å². The van der Waals surface area contributed by atoms with Gasteiger partial charge in [-0.05, 0) is 50.0 Å². The molecule has 0 atom stereocenters. The topological polar surface area (TPSA) is 54.6 Å².